The highest BCUT2D eigenvalue weighted by atomic mass is 16.5. The van der Waals surface area contributed by atoms with Crippen LogP contribution in [0.5, 0.6) is 11.5 Å². The third-order valence-electron chi connectivity index (χ3n) is 4.61. The van der Waals surface area contributed by atoms with E-state index in [1.807, 2.05) is 6.07 Å². The second kappa shape index (κ2) is 6.47. The lowest BCUT2D eigenvalue weighted by molar-refractivity contribution is -0.0442. The molecule has 1 aromatic carbocycles. The minimum atomic E-state index is 0.326. The first-order chi connectivity index (χ1) is 10.6. The molecule has 0 aromatic heterocycles. The van der Waals surface area contributed by atoms with Crippen LogP contribution in [0.1, 0.15) is 50.3 Å². The number of hydrogen-bond donors (Lipinski definition) is 1. The molecule has 0 radical (unpaired) electrons. The van der Waals surface area contributed by atoms with Crippen molar-refractivity contribution in [2.75, 3.05) is 13.7 Å². The van der Waals surface area contributed by atoms with E-state index in [9.17, 15) is 0 Å². The number of methoxy groups -OCH3 is 1. The smallest absolute Gasteiger partial charge is 0.165 e. The molecule has 1 fully saturated rings. The first-order valence-electron chi connectivity index (χ1n) is 8.29. The predicted octanol–water partition coefficient (Wildman–Crippen LogP) is 3.37. The van der Waals surface area contributed by atoms with Gasteiger partial charge in [-0.1, -0.05) is 6.07 Å². The van der Waals surface area contributed by atoms with Crippen LogP contribution in [0.15, 0.2) is 12.1 Å². The summed E-state index contributed by atoms with van der Waals surface area (Å²) in [7, 11) is 1.71. The van der Waals surface area contributed by atoms with Gasteiger partial charge in [0.15, 0.2) is 11.5 Å². The quantitative estimate of drug-likeness (QED) is 0.929. The average Bonchev–Trinajstić information content (AvgIpc) is 2.46. The fraction of sp³-hybridized carbons (Fsp3) is 0.667. The molecule has 1 aromatic rings. The van der Waals surface area contributed by atoms with Crippen molar-refractivity contribution in [1.82, 2.24) is 5.32 Å². The van der Waals surface area contributed by atoms with E-state index in [1.165, 1.54) is 11.1 Å². The van der Waals surface area contributed by atoms with Gasteiger partial charge in [-0.05, 0) is 45.2 Å². The summed E-state index contributed by atoms with van der Waals surface area (Å²) in [6.07, 6.45) is 3.79. The van der Waals surface area contributed by atoms with Crippen molar-refractivity contribution in [3.8, 4) is 11.5 Å². The van der Waals surface area contributed by atoms with Gasteiger partial charge in [0.05, 0.1) is 25.9 Å². The minimum Gasteiger partial charge on any atom is -0.493 e. The minimum absolute atomic E-state index is 0.326. The van der Waals surface area contributed by atoms with Gasteiger partial charge in [-0.3, -0.25) is 0 Å². The maximum atomic E-state index is 5.87. The van der Waals surface area contributed by atoms with Crippen molar-refractivity contribution < 1.29 is 14.2 Å². The molecular formula is C18H27NO3. The number of aryl methyl sites for hydroxylation is 1. The molecule has 4 nitrogen and oxygen atoms in total. The summed E-state index contributed by atoms with van der Waals surface area (Å²) in [6.45, 7) is 7.16. The Morgan fingerprint density at radius 3 is 2.59 bits per heavy atom. The Morgan fingerprint density at radius 2 is 1.91 bits per heavy atom. The zero-order valence-corrected chi connectivity index (χ0v) is 14.0. The van der Waals surface area contributed by atoms with Crippen molar-refractivity contribution in [2.24, 2.45) is 0 Å². The van der Waals surface area contributed by atoms with Gasteiger partial charge < -0.3 is 19.5 Å². The molecule has 1 N–H and O–H groups in total. The van der Waals surface area contributed by atoms with Crippen LogP contribution >= 0.6 is 0 Å². The standard InChI is InChI=1S/C18H27NO3/c1-11-7-15-16(5-6-21-18(15)17(8-11)20-4)19-14-9-12(2)22-13(3)10-14/h7-8,12-14,16,19H,5-6,9-10H2,1-4H3/t12-,13-,16-/m0/s1. The van der Waals surface area contributed by atoms with Crippen molar-refractivity contribution in [2.45, 2.75) is 64.3 Å². The molecule has 3 atom stereocenters. The predicted molar refractivity (Wildman–Crippen MR) is 86.8 cm³/mol. The Hall–Kier alpha value is -1.26. The molecule has 4 heteroatoms. The van der Waals surface area contributed by atoms with Crippen LogP contribution in [0, 0.1) is 6.92 Å². The van der Waals surface area contributed by atoms with Crippen LogP contribution in [-0.2, 0) is 4.74 Å². The molecule has 0 amide bonds. The van der Waals surface area contributed by atoms with E-state index in [4.69, 9.17) is 14.2 Å². The normalized spacial score (nSPS) is 31.3. The topological polar surface area (TPSA) is 39.7 Å². The molecule has 0 unspecified atom stereocenters. The molecule has 0 spiro atoms. The van der Waals surface area contributed by atoms with Crippen molar-refractivity contribution >= 4 is 0 Å². The summed E-state index contributed by atoms with van der Waals surface area (Å²) in [5, 5.41) is 3.84. The Kier molecular flexibility index (Phi) is 4.59. The molecule has 1 saturated heterocycles. The molecule has 0 saturated carbocycles. The van der Waals surface area contributed by atoms with Crippen LogP contribution < -0.4 is 14.8 Å². The SMILES string of the molecule is COc1cc(C)cc2c1OCC[C@@H]2NC1C[C@H](C)O[C@@H](C)C1. The highest BCUT2D eigenvalue weighted by Gasteiger charge is 2.30. The number of benzene rings is 1. The second-order valence-corrected chi connectivity index (χ2v) is 6.67. The van der Waals surface area contributed by atoms with E-state index in [0.717, 1.165) is 37.4 Å². The van der Waals surface area contributed by atoms with Crippen LogP contribution in [0.2, 0.25) is 0 Å². The fourth-order valence-electron chi connectivity index (χ4n) is 3.77. The molecular weight excluding hydrogens is 278 g/mol. The van der Waals surface area contributed by atoms with E-state index >= 15 is 0 Å². The summed E-state index contributed by atoms with van der Waals surface area (Å²) in [5.74, 6) is 1.75. The van der Waals surface area contributed by atoms with Crippen LogP contribution in [0.25, 0.3) is 0 Å². The number of rotatable bonds is 3. The van der Waals surface area contributed by atoms with Gasteiger partial charge in [-0.15, -0.1) is 0 Å². The van der Waals surface area contributed by atoms with E-state index in [-0.39, 0.29) is 0 Å². The molecule has 22 heavy (non-hydrogen) atoms. The molecule has 3 rings (SSSR count). The summed E-state index contributed by atoms with van der Waals surface area (Å²) in [4.78, 5) is 0. The van der Waals surface area contributed by atoms with Gasteiger partial charge in [0.2, 0.25) is 0 Å². The zero-order chi connectivity index (χ0) is 15.7. The molecule has 2 heterocycles. The van der Waals surface area contributed by atoms with E-state index in [1.54, 1.807) is 7.11 Å². The summed E-state index contributed by atoms with van der Waals surface area (Å²) >= 11 is 0. The van der Waals surface area contributed by atoms with Gasteiger partial charge in [0, 0.05) is 24.1 Å². The summed E-state index contributed by atoms with van der Waals surface area (Å²) < 4.78 is 17.2. The first-order valence-corrected chi connectivity index (χ1v) is 8.29. The molecule has 0 bridgehead atoms. The number of fused-ring (bicyclic) bond motifs is 1. The number of hydrogen-bond acceptors (Lipinski definition) is 4. The highest BCUT2D eigenvalue weighted by molar-refractivity contribution is 5.51. The first kappa shape index (κ1) is 15.6. The Balaban J connectivity index is 1.81. The third-order valence-corrected chi connectivity index (χ3v) is 4.61. The van der Waals surface area contributed by atoms with E-state index < -0.39 is 0 Å². The molecule has 122 valence electrons. The highest BCUT2D eigenvalue weighted by Crippen LogP contribution is 2.41. The lowest BCUT2D eigenvalue weighted by Gasteiger charge is -2.37. The van der Waals surface area contributed by atoms with Gasteiger partial charge >= 0.3 is 0 Å². The van der Waals surface area contributed by atoms with Crippen LogP contribution in [0.4, 0.5) is 0 Å². The summed E-state index contributed by atoms with van der Waals surface area (Å²) in [6, 6.07) is 5.10. The third kappa shape index (κ3) is 3.23. The van der Waals surface area contributed by atoms with Gasteiger partial charge in [-0.2, -0.15) is 0 Å². The number of nitrogens with one attached hydrogen (secondary N) is 1. The maximum Gasteiger partial charge on any atom is 0.165 e. The van der Waals surface area contributed by atoms with Gasteiger partial charge in [-0.25, -0.2) is 0 Å². The second-order valence-electron chi connectivity index (χ2n) is 6.67. The zero-order valence-electron chi connectivity index (χ0n) is 14.0. The van der Waals surface area contributed by atoms with Gasteiger partial charge in [0.1, 0.15) is 0 Å². The molecule has 2 aliphatic rings. The number of ether oxygens (including phenoxy) is 3. The molecule has 0 aliphatic carbocycles. The van der Waals surface area contributed by atoms with Crippen molar-refractivity contribution in [1.29, 1.82) is 0 Å². The Bertz CT molecular complexity index is 521. The lowest BCUT2D eigenvalue weighted by atomic mass is 9.94. The Morgan fingerprint density at radius 1 is 1.18 bits per heavy atom. The monoisotopic (exact) mass is 305 g/mol. The maximum absolute atomic E-state index is 5.87. The summed E-state index contributed by atoms with van der Waals surface area (Å²) in [5.41, 5.74) is 2.44. The van der Waals surface area contributed by atoms with Crippen molar-refractivity contribution in [3.05, 3.63) is 23.3 Å². The van der Waals surface area contributed by atoms with E-state index in [2.05, 4.69) is 32.2 Å². The Labute approximate surface area is 133 Å². The fourth-order valence-corrected chi connectivity index (χ4v) is 3.77. The lowest BCUT2D eigenvalue weighted by Crippen LogP contribution is -2.43. The van der Waals surface area contributed by atoms with Crippen molar-refractivity contribution in [3.63, 3.8) is 0 Å². The average molecular weight is 305 g/mol. The van der Waals surface area contributed by atoms with Crippen LogP contribution in [-0.4, -0.2) is 32.0 Å². The molecule has 2 aliphatic heterocycles. The van der Waals surface area contributed by atoms with E-state index in [0.29, 0.717) is 24.3 Å². The van der Waals surface area contributed by atoms with Crippen LogP contribution in [0.3, 0.4) is 0 Å². The largest absolute Gasteiger partial charge is 0.493 e. The van der Waals surface area contributed by atoms with Gasteiger partial charge in [0.25, 0.3) is 0 Å².